The van der Waals surface area contributed by atoms with Crippen LogP contribution in [0.15, 0.2) is 18.2 Å². The maximum Gasteiger partial charge on any atom is 0.0424 e. The molecule has 0 bridgehead atoms. The Morgan fingerprint density at radius 2 is 1.60 bits per heavy atom. The van der Waals surface area contributed by atoms with Crippen molar-refractivity contribution in [3.63, 3.8) is 0 Å². The molecule has 0 saturated carbocycles. The molecule has 0 saturated heterocycles. The van der Waals surface area contributed by atoms with Crippen molar-refractivity contribution in [3.8, 4) is 0 Å². The van der Waals surface area contributed by atoms with E-state index in [1.54, 1.807) is 0 Å². The first-order chi connectivity index (χ1) is 6.93. The van der Waals surface area contributed by atoms with E-state index in [9.17, 15) is 0 Å². The van der Waals surface area contributed by atoms with Gasteiger partial charge in [0, 0.05) is 5.38 Å². The third-order valence-electron chi connectivity index (χ3n) is 3.17. The molecule has 1 aromatic carbocycles. The predicted molar refractivity (Wildman–Crippen MR) is 68.8 cm³/mol. The Bertz CT molecular complexity index is 328. The minimum absolute atomic E-state index is 0.215. The Morgan fingerprint density at radius 1 is 1.00 bits per heavy atom. The first-order valence-corrected chi connectivity index (χ1v) is 6.08. The predicted octanol–water partition coefficient (Wildman–Crippen LogP) is 4.67. The van der Waals surface area contributed by atoms with Gasteiger partial charge in [0.05, 0.1) is 0 Å². The number of hydrogen-bond acceptors (Lipinski definition) is 0. The normalized spacial score (nSPS) is 15.4. The summed E-state index contributed by atoms with van der Waals surface area (Å²) in [4.78, 5) is 0. The van der Waals surface area contributed by atoms with E-state index in [1.165, 1.54) is 16.7 Å². The van der Waals surface area contributed by atoms with Crippen LogP contribution in [-0.4, -0.2) is 5.38 Å². The Morgan fingerprint density at radius 3 is 2.07 bits per heavy atom. The van der Waals surface area contributed by atoms with Gasteiger partial charge >= 0.3 is 0 Å². The molecular formula is C14H21Cl. The van der Waals surface area contributed by atoms with Crippen molar-refractivity contribution >= 4 is 11.6 Å². The summed E-state index contributed by atoms with van der Waals surface area (Å²) in [5, 5.41) is 0.215. The summed E-state index contributed by atoms with van der Waals surface area (Å²) in [6, 6.07) is 6.65. The molecule has 84 valence electrons. The highest BCUT2D eigenvalue weighted by molar-refractivity contribution is 6.21. The zero-order valence-corrected chi connectivity index (χ0v) is 11.1. The molecule has 2 unspecified atom stereocenters. The van der Waals surface area contributed by atoms with Crippen LogP contribution in [0.25, 0.3) is 0 Å². The number of hydrogen-bond donors (Lipinski definition) is 0. The monoisotopic (exact) mass is 224 g/mol. The average Bonchev–Trinajstić information content (AvgIpc) is 2.19. The van der Waals surface area contributed by atoms with Crippen LogP contribution >= 0.6 is 11.6 Å². The maximum atomic E-state index is 6.39. The van der Waals surface area contributed by atoms with E-state index in [4.69, 9.17) is 11.6 Å². The molecule has 0 aliphatic carbocycles. The third kappa shape index (κ3) is 2.98. The summed E-state index contributed by atoms with van der Waals surface area (Å²) in [7, 11) is 0. The zero-order chi connectivity index (χ0) is 11.6. The fraction of sp³-hybridized carbons (Fsp3) is 0.571. The summed E-state index contributed by atoms with van der Waals surface area (Å²) in [6.45, 7) is 10.9. The van der Waals surface area contributed by atoms with E-state index in [2.05, 4.69) is 52.8 Å². The quantitative estimate of drug-likeness (QED) is 0.655. The molecule has 0 spiro atoms. The second kappa shape index (κ2) is 5.03. The lowest BCUT2D eigenvalue weighted by atomic mass is 9.90. The summed E-state index contributed by atoms with van der Waals surface area (Å²) >= 11 is 6.39. The van der Waals surface area contributed by atoms with E-state index in [0.29, 0.717) is 11.8 Å². The topological polar surface area (TPSA) is 0 Å². The summed E-state index contributed by atoms with van der Waals surface area (Å²) in [6.07, 6.45) is 0. The SMILES string of the molecule is Cc1ccc(C(C)C(Cl)C(C)C)cc1C. The van der Waals surface area contributed by atoms with E-state index >= 15 is 0 Å². The van der Waals surface area contributed by atoms with Crippen LogP contribution in [0.2, 0.25) is 0 Å². The van der Waals surface area contributed by atoms with Gasteiger partial charge in [-0.1, -0.05) is 39.0 Å². The number of alkyl halides is 1. The lowest BCUT2D eigenvalue weighted by molar-refractivity contribution is 0.533. The van der Waals surface area contributed by atoms with Gasteiger partial charge in [-0.15, -0.1) is 11.6 Å². The first kappa shape index (κ1) is 12.6. The Hall–Kier alpha value is -0.490. The second-order valence-electron chi connectivity index (χ2n) is 4.82. The maximum absolute atomic E-state index is 6.39. The van der Waals surface area contributed by atoms with Crippen LogP contribution in [0.4, 0.5) is 0 Å². The second-order valence-corrected chi connectivity index (χ2v) is 5.32. The molecule has 1 rings (SSSR count). The molecule has 15 heavy (non-hydrogen) atoms. The molecular weight excluding hydrogens is 204 g/mol. The highest BCUT2D eigenvalue weighted by atomic mass is 35.5. The van der Waals surface area contributed by atoms with Crippen LogP contribution in [0, 0.1) is 19.8 Å². The van der Waals surface area contributed by atoms with E-state index in [0.717, 1.165) is 0 Å². The smallest absolute Gasteiger partial charge is 0.0424 e. The van der Waals surface area contributed by atoms with Gasteiger partial charge in [0.1, 0.15) is 0 Å². The van der Waals surface area contributed by atoms with Gasteiger partial charge in [0.25, 0.3) is 0 Å². The van der Waals surface area contributed by atoms with E-state index < -0.39 is 0 Å². The van der Waals surface area contributed by atoms with Gasteiger partial charge in [-0.3, -0.25) is 0 Å². The highest BCUT2D eigenvalue weighted by Crippen LogP contribution is 2.29. The molecule has 0 aliphatic rings. The highest BCUT2D eigenvalue weighted by Gasteiger charge is 2.19. The van der Waals surface area contributed by atoms with Crippen LogP contribution < -0.4 is 0 Å². The van der Waals surface area contributed by atoms with Crippen molar-refractivity contribution in [3.05, 3.63) is 34.9 Å². The van der Waals surface area contributed by atoms with Crippen LogP contribution in [0.3, 0.4) is 0 Å². The molecule has 0 radical (unpaired) electrons. The van der Waals surface area contributed by atoms with Crippen molar-refractivity contribution in [1.82, 2.24) is 0 Å². The fourth-order valence-electron chi connectivity index (χ4n) is 1.81. The minimum atomic E-state index is 0.215. The number of halogens is 1. The minimum Gasteiger partial charge on any atom is -0.122 e. The fourth-order valence-corrected chi connectivity index (χ4v) is 1.95. The van der Waals surface area contributed by atoms with Gasteiger partial charge in [-0.05, 0) is 42.4 Å². The summed E-state index contributed by atoms with van der Waals surface area (Å²) in [5.74, 6) is 0.939. The van der Waals surface area contributed by atoms with Gasteiger partial charge in [-0.2, -0.15) is 0 Å². The standard InChI is InChI=1S/C14H21Cl/c1-9(2)14(15)12(5)13-7-6-10(3)11(4)8-13/h6-9,12,14H,1-5H3. The molecule has 0 fully saturated rings. The molecule has 0 heterocycles. The summed E-state index contributed by atoms with van der Waals surface area (Å²) < 4.78 is 0. The van der Waals surface area contributed by atoms with Gasteiger partial charge in [0.2, 0.25) is 0 Å². The van der Waals surface area contributed by atoms with Crippen LogP contribution in [0.1, 0.15) is 43.4 Å². The lowest BCUT2D eigenvalue weighted by Gasteiger charge is -2.22. The van der Waals surface area contributed by atoms with Gasteiger partial charge in [0.15, 0.2) is 0 Å². The Balaban J connectivity index is 2.91. The molecule has 0 nitrogen and oxygen atoms in total. The van der Waals surface area contributed by atoms with Crippen molar-refractivity contribution in [2.45, 2.75) is 45.9 Å². The number of benzene rings is 1. The molecule has 1 heteroatoms. The number of rotatable bonds is 3. The first-order valence-electron chi connectivity index (χ1n) is 5.64. The molecule has 1 aromatic rings. The number of aryl methyl sites for hydroxylation is 2. The van der Waals surface area contributed by atoms with Crippen molar-refractivity contribution < 1.29 is 0 Å². The van der Waals surface area contributed by atoms with E-state index in [1.807, 2.05) is 0 Å². The Labute approximate surface area is 98.7 Å². The van der Waals surface area contributed by atoms with Crippen LogP contribution in [-0.2, 0) is 0 Å². The Kier molecular flexibility index (Phi) is 4.21. The third-order valence-corrected chi connectivity index (χ3v) is 4.05. The summed E-state index contributed by atoms with van der Waals surface area (Å²) in [5.41, 5.74) is 4.06. The molecule has 0 aliphatic heterocycles. The lowest BCUT2D eigenvalue weighted by Crippen LogP contribution is -2.16. The van der Waals surface area contributed by atoms with Crippen molar-refractivity contribution in [2.75, 3.05) is 0 Å². The van der Waals surface area contributed by atoms with Crippen LogP contribution in [0.5, 0.6) is 0 Å². The average molecular weight is 225 g/mol. The zero-order valence-electron chi connectivity index (χ0n) is 10.3. The van der Waals surface area contributed by atoms with Crippen molar-refractivity contribution in [2.24, 2.45) is 5.92 Å². The molecule has 2 atom stereocenters. The largest absolute Gasteiger partial charge is 0.122 e. The van der Waals surface area contributed by atoms with Gasteiger partial charge < -0.3 is 0 Å². The van der Waals surface area contributed by atoms with E-state index in [-0.39, 0.29) is 5.38 Å². The molecule has 0 aromatic heterocycles. The molecule has 0 N–H and O–H groups in total. The van der Waals surface area contributed by atoms with Crippen molar-refractivity contribution in [1.29, 1.82) is 0 Å². The van der Waals surface area contributed by atoms with Gasteiger partial charge in [-0.25, -0.2) is 0 Å². The molecule has 0 amide bonds.